The topological polar surface area (TPSA) is 122 Å². The van der Waals surface area contributed by atoms with Crippen molar-refractivity contribution < 1.29 is 9.53 Å². The van der Waals surface area contributed by atoms with E-state index < -0.39 is 0 Å². The molecule has 3 aromatic rings. The molecule has 29 heavy (non-hydrogen) atoms. The molecule has 0 saturated heterocycles. The van der Waals surface area contributed by atoms with Crippen molar-refractivity contribution in [2.45, 2.75) is 32.0 Å². The third-order valence-corrected chi connectivity index (χ3v) is 5.49. The van der Waals surface area contributed by atoms with Gasteiger partial charge in [-0.25, -0.2) is 0 Å². The van der Waals surface area contributed by atoms with E-state index in [1.807, 2.05) is 32.0 Å². The minimum Gasteiger partial charge on any atom is -0.497 e. The van der Waals surface area contributed by atoms with Crippen molar-refractivity contribution in [2.75, 3.05) is 24.3 Å². The third kappa shape index (κ3) is 5.05. The predicted molar refractivity (Wildman–Crippen MR) is 114 cm³/mol. The zero-order valence-electron chi connectivity index (χ0n) is 16.7. The Balaban J connectivity index is 1.66. The van der Waals surface area contributed by atoms with Gasteiger partial charge in [-0.05, 0) is 44.0 Å². The molecule has 0 radical (unpaired) electrons. The van der Waals surface area contributed by atoms with Crippen LogP contribution in [0.2, 0.25) is 0 Å². The third-order valence-electron chi connectivity index (χ3n) is 4.64. The minimum absolute atomic E-state index is 0.0105. The number of carbonyl (C=O) groups is 1. The highest BCUT2D eigenvalue weighted by molar-refractivity contribution is 7.99. The first-order valence-electron chi connectivity index (χ1n) is 9.10. The second kappa shape index (κ2) is 8.95. The van der Waals surface area contributed by atoms with Gasteiger partial charge in [-0.15, -0.1) is 0 Å². The number of nitrogen functional groups attached to an aromatic ring is 2. The number of carbonyl (C=O) groups excluding carboxylic acids is 1. The summed E-state index contributed by atoms with van der Waals surface area (Å²) >= 11 is 1.20. The Morgan fingerprint density at radius 3 is 2.38 bits per heavy atom. The van der Waals surface area contributed by atoms with Gasteiger partial charge in [0.25, 0.3) is 0 Å². The minimum atomic E-state index is 0.0105. The van der Waals surface area contributed by atoms with Crippen LogP contribution >= 0.6 is 11.8 Å². The van der Waals surface area contributed by atoms with Crippen LogP contribution in [0.4, 0.5) is 11.9 Å². The van der Waals surface area contributed by atoms with E-state index in [0.29, 0.717) is 10.7 Å². The van der Waals surface area contributed by atoms with E-state index in [1.165, 1.54) is 17.3 Å². The number of hydrogen-bond acceptors (Lipinski definition) is 8. The summed E-state index contributed by atoms with van der Waals surface area (Å²) in [5, 5.41) is 0.344. The van der Waals surface area contributed by atoms with Gasteiger partial charge in [0.1, 0.15) is 5.75 Å². The number of nitrogens with zero attached hydrogens (tertiary/aromatic N) is 4. The summed E-state index contributed by atoms with van der Waals surface area (Å²) in [6.45, 7) is 4.78. The molecule has 2 heterocycles. The average molecular weight is 413 g/mol. The molecule has 0 atom stereocenters. The number of aromatic nitrogens is 4. The summed E-state index contributed by atoms with van der Waals surface area (Å²) in [6, 6.07) is 9.96. The molecule has 0 fully saturated rings. The summed E-state index contributed by atoms with van der Waals surface area (Å²) < 4.78 is 7.36. The zero-order chi connectivity index (χ0) is 21.0. The maximum absolute atomic E-state index is 12.7. The quantitative estimate of drug-likeness (QED) is 0.428. The molecule has 0 aliphatic carbocycles. The summed E-state index contributed by atoms with van der Waals surface area (Å²) in [4.78, 5) is 24.5. The Bertz CT molecular complexity index is 996. The van der Waals surface area contributed by atoms with Crippen molar-refractivity contribution >= 4 is 29.4 Å². The molecule has 3 rings (SSSR count). The van der Waals surface area contributed by atoms with Crippen LogP contribution in [0.3, 0.4) is 0 Å². The van der Waals surface area contributed by atoms with Gasteiger partial charge in [-0.2, -0.15) is 15.0 Å². The van der Waals surface area contributed by atoms with E-state index in [4.69, 9.17) is 16.2 Å². The highest BCUT2D eigenvalue weighted by Gasteiger charge is 2.17. The zero-order valence-corrected chi connectivity index (χ0v) is 17.5. The number of Topliss-reactive ketones (excluding diaryl/α,β-unsaturated/α-hetero) is 1. The molecule has 9 heteroatoms. The maximum Gasteiger partial charge on any atom is 0.225 e. The molecule has 0 bridgehead atoms. The largest absolute Gasteiger partial charge is 0.497 e. The summed E-state index contributed by atoms with van der Waals surface area (Å²) in [6.07, 6.45) is 0.867. The molecular formula is C20H24N6O2S. The molecule has 0 saturated carbocycles. The summed E-state index contributed by atoms with van der Waals surface area (Å²) in [5.74, 6) is 1.14. The number of methoxy groups -OCH3 is 1. The molecular weight excluding hydrogens is 388 g/mol. The molecule has 0 unspecified atom stereocenters. The van der Waals surface area contributed by atoms with Crippen LogP contribution in [-0.4, -0.2) is 38.2 Å². The standard InChI is InChI=1S/C20H24N6O2S/c1-12-10-16(17(27)11-29-20-24-18(21)23-19(22)25-20)13(2)26(12)9-8-14-4-6-15(28-3)7-5-14/h4-7,10H,8-9,11H2,1-3H3,(H4,21,22,23,24,25). The molecule has 0 aliphatic heterocycles. The Labute approximate surface area is 173 Å². The molecule has 152 valence electrons. The molecule has 4 N–H and O–H groups in total. The van der Waals surface area contributed by atoms with Gasteiger partial charge in [0.05, 0.1) is 12.9 Å². The number of hydrogen-bond donors (Lipinski definition) is 2. The fourth-order valence-electron chi connectivity index (χ4n) is 3.12. The highest BCUT2D eigenvalue weighted by atomic mass is 32.2. The number of nitrogens with two attached hydrogens (primary N) is 2. The monoisotopic (exact) mass is 412 g/mol. The number of anilines is 2. The van der Waals surface area contributed by atoms with Crippen molar-refractivity contribution in [2.24, 2.45) is 0 Å². The Hall–Kier alpha value is -3.07. The highest BCUT2D eigenvalue weighted by Crippen LogP contribution is 2.21. The SMILES string of the molecule is COc1ccc(CCn2c(C)cc(C(=O)CSc3nc(N)nc(N)n3)c2C)cc1. The Morgan fingerprint density at radius 2 is 1.76 bits per heavy atom. The van der Waals surface area contributed by atoms with Crippen molar-refractivity contribution in [3.63, 3.8) is 0 Å². The lowest BCUT2D eigenvalue weighted by molar-refractivity contribution is 0.102. The average Bonchev–Trinajstić information content (AvgIpc) is 2.98. The van der Waals surface area contributed by atoms with Crippen LogP contribution in [0.1, 0.15) is 27.3 Å². The molecule has 2 aromatic heterocycles. The van der Waals surface area contributed by atoms with Gasteiger partial charge in [0.15, 0.2) is 10.9 Å². The van der Waals surface area contributed by atoms with Crippen LogP contribution in [0, 0.1) is 13.8 Å². The second-order valence-electron chi connectivity index (χ2n) is 6.58. The van der Waals surface area contributed by atoms with Crippen LogP contribution in [-0.2, 0) is 13.0 Å². The van der Waals surface area contributed by atoms with Gasteiger partial charge < -0.3 is 20.8 Å². The van der Waals surface area contributed by atoms with Gasteiger partial charge in [0.2, 0.25) is 11.9 Å². The van der Waals surface area contributed by atoms with Crippen molar-refractivity contribution in [1.29, 1.82) is 0 Å². The lowest BCUT2D eigenvalue weighted by Crippen LogP contribution is -2.09. The fourth-order valence-corrected chi connectivity index (χ4v) is 3.85. The fraction of sp³-hybridized carbons (Fsp3) is 0.300. The van der Waals surface area contributed by atoms with E-state index >= 15 is 0 Å². The number of rotatable bonds is 8. The van der Waals surface area contributed by atoms with Gasteiger partial charge in [0, 0.05) is 23.5 Å². The van der Waals surface area contributed by atoms with Gasteiger partial charge >= 0.3 is 0 Å². The summed E-state index contributed by atoms with van der Waals surface area (Å²) in [5.41, 5.74) is 15.1. The van der Waals surface area contributed by atoms with Crippen LogP contribution < -0.4 is 16.2 Å². The van der Waals surface area contributed by atoms with Gasteiger partial charge in [-0.3, -0.25) is 4.79 Å². The van der Waals surface area contributed by atoms with Crippen molar-refractivity contribution in [1.82, 2.24) is 19.5 Å². The molecule has 0 aliphatic rings. The van der Waals surface area contributed by atoms with E-state index in [0.717, 1.165) is 30.1 Å². The molecule has 0 spiro atoms. The lowest BCUT2D eigenvalue weighted by atomic mass is 10.1. The smallest absolute Gasteiger partial charge is 0.225 e. The normalized spacial score (nSPS) is 10.9. The van der Waals surface area contributed by atoms with Crippen molar-refractivity contribution in [3.05, 3.63) is 52.8 Å². The van der Waals surface area contributed by atoms with E-state index in [-0.39, 0.29) is 23.4 Å². The Morgan fingerprint density at radius 1 is 1.10 bits per heavy atom. The number of benzene rings is 1. The van der Waals surface area contributed by atoms with E-state index in [9.17, 15) is 4.79 Å². The number of ketones is 1. The number of thioether (sulfide) groups is 1. The summed E-state index contributed by atoms with van der Waals surface area (Å²) in [7, 11) is 1.66. The molecule has 0 amide bonds. The Kier molecular flexibility index (Phi) is 6.38. The van der Waals surface area contributed by atoms with Crippen molar-refractivity contribution in [3.8, 4) is 5.75 Å². The van der Waals surface area contributed by atoms with Crippen LogP contribution in [0.15, 0.2) is 35.5 Å². The molecule has 8 nitrogen and oxygen atoms in total. The maximum atomic E-state index is 12.7. The number of aryl methyl sites for hydroxylation is 2. The van der Waals surface area contributed by atoms with E-state index in [1.54, 1.807) is 7.11 Å². The lowest BCUT2D eigenvalue weighted by Gasteiger charge is -2.10. The predicted octanol–water partition coefficient (Wildman–Crippen LogP) is 2.68. The number of ether oxygens (including phenoxy) is 1. The van der Waals surface area contributed by atoms with E-state index in [2.05, 4.69) is 31.7 Å². The van der Waals surface area contributed by atoms with Crippen LogP contribution in [0.25, 0.3) is 0 Å². The second-order valence-corrected chi connectivity index (χ2v) is 7.52. The first-order valence-corrected chi connectivity index (χ1v) is 10.1. The first kappa shape index (κ1) is 20.7. The molecule has 1 aromatic carbocycles. The van der Waals surface area contributed by atoms with Gasteiger partial charge in [-0.1, -0.05) is 23.9 Å². The first-order chi connectivity index (χ1) is 13.9. The van der Waals surface area contributed by atoms with Crippen LogP contribution in [0.5, 0.6) is 5.75 Å².